The highest BCUT2D eigenvalue weighted by atomic mass is 16.5. The molecule has 2 aromatic carbocycles. The van der Waals surface area contributed by atoms with Crippen LogP contribution in [0.3, 0.4) is 0 Å². The molecule has 1 heterocycles. The summed E-state index contributed by atoms with van der Waals surface area (Å²) in [4.78, 5) is 39.6. The van der Waals surface area contributed by atoms with Crippen LogP contribution in [0.2, 0.25) is 0 Å². The highest BCUT2D eigenvalue weighted by molar-refractivity contribution is 5.97. The third-order valence-electron chi connectivity index (χ3n) is 4.52. The van der Waals surface area contributed by atoms with Crippen LogP contribution >= 0.6 is 0 Å². The Bertz CT molecular complexity index is 1130. The van der Waals surface area contributed by atoms with E-state index in [2.05, 4.69) is 26.1 Å². The van der Waals surface area contributed by atoms with E-state index >= 15 is 0 Å². The van der Waals surface area contributed by atoms with Gasteiger partial charge in [0.2, 0.25) is 11.8 Å². The molecular formula is C25H25N5O4. The summed E-state index contributed by atoms with van der Waals surface area (Å²) in [5, 5.41) is 9.26. The highest BCUT2D eigenvalue weighted by Gasteiger charge is 2.08. The van der Waals surface area contributed by atoms with Crippen LogP contribution in [0.1, 0.15) is 23.1 Å². The average Bonchev–Trinajstić information content (AvgIpc) is 2.84. The molecule has 3 rings (SSSR count). The van der Waals surface area contributed by atoms with Gasteiger partial charge >= 0.3 is 0 Å². The number of amides is 3. The zero-order valence-electron chi connectivity index (χ0n) is 18.7. The molecule has 34 heavy (non-hydrogen) atoms. The van der Waals surface area contributed by atoms with Crippen LogP contribution in [0.25, 0.3) is 0 Å². The maximum Gasteiger partial charge on any atom is 0.262 e. The van der Waals surface area contributed by atoms with E-state index in [0.29, 0.717) is 23.5 Å². The molecule has 9 heteroatoms. The number of nitrogens with zero attached hydrogens (tertiary/aromatic N) is 2. The SMILES string of the molecule is Cc1ccc(NC(=O)COc2ccc(/C=N/NC(=O)CC(=O)NCc3cccnc3)cc2)cc1. The zero-order valence-corrected chi connectivity index (χ0v) is 18.7. The Labute approximate surface area is 197 Å². The lowest BCUT2D eigenvalue weighted by Crippen LogP contribution is -2.29. The summed E-state index contributed by atoms with van der Waals surface area (Å²) in [7, 11) is 0. The Balaban J connectivity index is 1.35. The molecule has 0 unspecified atom stereocenters. The molecule has 0 spiro atoms. The summed E-state index contributed by atoms with van der Waals surface area (Å²) in [5.41, 5.74) is 5.68. The Morgan fingerprint density at radius 1 is 0.971 bits per heavy atom. The fourth-order valence-electron chi connectivity index (χ4n) is 2.76. The molecule has 174 valence electrons. The van der Waals surface area contributed by atoms with Crippen LogP contribution in [0.4, 0.5) is 5.69 Å². The molecule has 0 bridgehead atoms. The summed E-state index contributed by atoms with van der Waals surface area (Å²) < 4.78 is 5.49. The van der Waals surface area contributed by atoms with Crippen molar-refractivity contribution in [1.29, 1.82) is 0 Å². The predicted octanol–water partition coefficient (Wildman–Crippen LogP) is 2.56. The van der Waals surface area contributed by atoms with E-state index in [9.17, 15) is 14.4 Å². The zero-order chi connectivity index (χ0) is 24.2. The molecule has 3 aromatic rings. The third kappa shape index (κ3) is 8.54. The number of anilines is 1. The summed E-state index contributed by atoms with van der Waals surface area (Å²) in [6.07, 6.45) is 4.39. The number of nitrogens with one attached hydrogen (secondary N) is 3. The quantitative estimate of drug-likeness (QED) is 0.244. The van der Waals surface area contributed by atoms with Gasteiger partial charge in [0.25, 0.3) is 5.91 Å². The number of rotatable bonds is 10. The van der Waals surface area contributed by atoms with Gasteiger partial charge in [0.05, 0.1) is 6.21 Å². The van der Waals surface area contributed by atoms with Gasteiger partial charge < -0.3 is 15.4 Å². The number of aryl methyl sites for hydroxylation is 1. The fourth-order valence-corrected chi connectivity index (χ4v) is 2.76. The smallest absolute Gasteiger partial charge is 0.262 e. The molecule has 9 nitrogen and oxygen atoms in total. The number of hydrazone groups is 1. The van der Waals surface area contributed by atoms with Gasteiger partial charge in [-0.05, 0) is 60.5 Å². The minimum absolute atomic E-state index is 0.125. The molecule has 0 radical (unpaired) electrons. The van der Waals surface area contributed by atoms with Crippen molar-refractivity contribution in [3.05, 3.63) is 89.7 Å². The number of benzene rings is 2. The first-order chi connectivity index (χ1) is 16.5. The van der Waals surface area contributed by atoms with Crippen LogP contribution in [0, 0.1) is 6.92 Å². The number of aromatic nitrogens is 1. The van der Waals surface area contributed by atoms with Crippen molar-refractivity contribution in [1.82, 2.24) is 15.7 Å². The van der Waals surface area contributed by atoms with Crippen LogP contribution in [-0.4, -0.2) is 35.5 Å². The van der Waals surface area contributed by atoms with Gasteiger partial charge in [0.1, 0.15) is 12.2 Å². The first kappa shape index (κ1) is 24.1. The standard InChI is InChI=1S/C25H25N5O4/c1-18-4-8-21(9-5-18)29-25(33)17-34-22-10-6-19(7-11-22)16-28-30-24(32)13-23(31)27-15-20-3-2-12-26-14-20/h2-12,14,16H,13,15,17H2,1H3,(H,27,31)(H,29,33)(H,30,32)/b28-16+. The number of carbonyl (C=O) groups excluding carboxylic acids is 3. The molecule has 1 aromatic heterocycles. The second-order valence-electron chi connectivity index (χ2n) is 7.38. The summed E-state index contributed by atoms with van der Waals surface area (Å²) in [5.74, 6) is -0.684. The van der Waals surface area contributed by atoms with E-state index in [4.69, 9.17) is 4.74 Å². The van der Waals surface area contributed by atoms with E-state index < -0.39 is 11.8 Å². The lowest BCUT2D eigenvalue weighted by molar-refractivity contribution is -0.129. The molecule has 3 amide bonds. The predicted molar refractivity (Wildman–Crippen MR) is 128 cm³/mol. The maximum absolute atomic E-state index is 12.0. The van der Waals surface area contributed by atoms with E-state index in [0.717, 1.165) is 11.1 Å². The molecular weight excluding hydrogens is 434 g/mol. The van der Waals surface area contributed by atoms with E-state index in [-0.39, 0.29) is 18.9 Å². The average molecular weight is 460 g/mol. The lowest BCUT2D eigenvalue weighted by Gasteiger charge is -2.08. The summed E-state index contributed by atoms with van der Waals surface area (Å²) in [6.45, 7) is 2.15. The molecule has 0 aliphatic heterocycles. The topological polar surface area (TPSA) is 122 Å². The monoisotopic (exact) mass is 459 g/mol. The number of hydrogen-bond donors (Lipinski definition) is 3. The molecule has 0 saturated carbocycles. The van der Waals surface area contributed by atoms with Crippen molar-refractivity contribution < 1.29 is 19.1 Å². The first-order valence-electron chi connectivity index (χ1n) is 10.5. The van der Waals surface area contributed by atoms with Gasteiger partial charge in [-0.3, -0.25) is 19.4 Å². The van der Waals surface area contributed by atoms with Crippen LogP contribution in [-0.2, 0) is 20.9 Å². The van der Waals surface area contributed by atoms with Gasteiger partial charge in [-0.1, -0.05) is 23.8 Å². The first-order valence-corrected chi connectivity index (χ1v) is 10.5. The van der Waals surface area contributed by atoms with E-state index in [1.165, 1.54) is 6.21 Å². The largest absolute Gasteiger partial charge is 0.484 e. The van der Waals surface area contributed by atoms with Gasteiger partial charge in [0, 0.05) is 24.6 Å². The molecule has 3 N–H and O–H groups in total. The van der Waals surface area contributed by atoms with Gasteiger partial charge in [0.15, 0.2) is 6.61 Å². The Kier molecular flexibility index (Phi) is 8.86. The second-order valence-corrected chi connectivity index (χ2v) is 7.38. The van der Waals surface area contributed by atoms with Gasteiger partial charge in [-0.25, -0.2) is 5.43 Å². The molecule has 0 fully saturated rings. The molecule has 0 saturated heterocycles. The lowest BCUT2D eigenvalue weighted by atomic mass is 10.2. The Morgan fingerprint density at radius 3 is 2.44 bits per heavy atom. The number of pyridine rings is 1. The van der Waals surface area contributed by atoms with Crippen molar-refractivity contribution >= 4 is 29.6 Å². The van der Waals surface area contributed by atoms with Crippen LogP contribution in [0.5, 0.6) is 5.75 Å². The van der Waals surface area contributed by atoms with E-state index in [1.807, 2.05) is 37.3 Å². The molecule has 0 aliphatic carbocycles. The van der Waals surface area contributed by atoms with Gasteiger partial charge in [-0.15, -0.1) is 0 Å². The molecule has 0 atom stereocenters. The summed E-state index contributed by atoms with van der Waals surface area (Å²) in [6, 6.07) is 17.9. The van der Waals surface area contributed by atoms with Crippen molar-refractivity contribution in [2.24, 2.45) is 5.10 Å². The van der Waals surface area contributed by atoms with Crippen molar-refractivity contribution in [3.63, 3.8) is 0 Å². The number of carbonyl (C=O) groups is 3. The normalized spacial score (nSPS) is 10.5. The Morgan fingerprint density at radius 2 is 1.74 bits per heavy atom. The van der Waals surface area contributed by atoms with Gasteiger partial charge in [-0.2, -0.15) is 5.10 Å². The van der Waals surface area contributed by atoms with Crippen molar-refractivity contribution in [2.75, 3.05) is 11.9 Å². The minimum Gasteiger partial charge on any atom is -0.484 e. The van der Waals surface area contributed by atoms with Crippen molar-refractivity contribution in [3.8, 4) is 5.75 Å². The van der Waals surface area contributed by atoms with E-state index in [1.54, 1.807) is 42.7 Å². The van der Waals surface area contributed by atoms with Crippen LogP contribution in [0.15, 0.2) is 78.2 Å². The third-order valence-corrected chi connectivity index (χ3v) is 4.52. The van der Waals surface area contributed by atoms with Crippen molar-refractivity contribution in [2.45, 2.75) is 19.9 Å². The number of ether oxygens (including phenoxy) is 1. The number of hydrogen-bond acceptors (Lipinski definition) is 6. The Hall–Kier alpha value is -4.53. The molecule has 0 aliphatic rings. The highest BCUT2D eigenvalue weighted by Crippen LogP contribution is 2.12. The second kappa shape index (κ2) is 12.5. The summed E-state index contributed by atoms with van der Waals surface area (Å²) >= 11 is 0. The fraction of sp³-hybridized carbons (Fsp3) is 0.160. The maximum atomic E-state index is 12.0. The van der Waals surface area contributed by atoms with Crippen LogP contribution < -0.4 is 20.8 Å². The minimum atomic E-state index is -0.528.